The van der Waals surface area contributed by atoms with E-state index in [0.717, 1.165) is 0 Å². The highest BCUT2D eigenvalue weighted by atomic mass is 16.6. The molecule has 20 heavy (non-hydrogen) atoms. The van der Waals surface area contributed by atoms with Crippen LogP contribution in [-0.2, 0) is 0 Å². The molecule has 8 heteroatoms. The molecule has 0 saturated carbocycles. The third-order valence-electron chi connectivity index (χ3n) is 2.64. The van der Waals surface area contributed by atoms with E-state index in [2.05, 4.69) is 15.3 Å². The van der Waals surface area contributed by atoms with Gasteiger partial charge in [-0.05, 0) is 20.8 Å². The average Bonchev–Trinajstić information content (AvgIpc) is 2.39. The number of hydrogen-bond donors (Lipinski definition) is 1. The summed E-state index contributed by atoms with van der Waals surface area (Å²) in [5, 5.41) is 22.7. The first kappa shape index (κ1) is 15.6. The Kier molecular flexibility index (Phi) is 5.65. The van der Waals surface area contributed by atoms with E-state index in [-0.39, 0.29) is 24.0 Å². The van der Waals surface area contributed by atoms with Gasteiger partial charge in [-0.3, -0.25) is 10.1 Å². The minimum atomic E-state index is -0.507. The summed E-state index contributed by atoms with van der Waals surface area (Å²) < 4.78 is 0. The van der Waals surface area contributed by atoms with Crippen molar-refractivity contribution in [1.29, 1.82) is 5.26 Å². The van der Waals surface area contributed by atoms with Crippen molar-refractivity contribution in [2.24, 2.45) is 0 Å². The van der Waals surface area contributed by atoms with Gasteiger partial charge in [0.1, 0.15) is 6.20 Å². The molecular formula is C12H18N6O2. The number of nitrogens with zero attached hydrogens (tertiary/aromatic N) is 5. The molecule has 1 N–H and O–H groups in total. The van der Waals surface area contributed by atoms with Crippen LogP contribution in [0.3, 0.4) is 0 Å². The minimum absolute atomic E-state index is 0.00794. The second-order valence-corrected chi connectivity index (χ2v) is 4.39. The molecule has 8 nitrogen and oxygen atoms in total. The molecule has 0 amide bonds. The summed E-state index contributed by atoms with van der Waals surface area (Å²) in [6.07, 6.45) is 1.47. The molecule has 1 heterocycles. The molecule has 0 fully saturated rings. The Labute approximate surface area is 117 Å². The molecule has 0 bridgehead atoms. The third kappa shape index (κ3) is 3.78. The Hall–Kier alpha value is -2.43. The first-order chi connectivity index (χ1) is 9.51. The normalized spacial score (nSPS) is 10.2. The summed E-state index contributed by atoms with van der Waals surface area (Å²) in [5.41, 5.74) is -0.154. The lowest BCUT2D eigenvalue weighted by Crippen LogP contribution is -2.33. The topological polar surface area (TPSA) is 108 Å². The van der Waals surface area contributed by atoms with Gasteiger partial charge in [-0.2, -0.15) is 10.2 Å². The van der Waals surface area contributed by atoms with E-state index < -0.39 is 4.92 Å². The van der Waals surface area contributed by atoms with Gasteiger partial charge in [0.25, 0.3) is 0 Å². The van der Waals surface area contributed by atoms with Crippen LogP contribution in [0, 0.1) is 21.4 Å². The van der Waals surface area contributed by atoms with Crippen LogP contribution in [0.5, 0.6) is 0 Å². The van der Waals surface area contributed by atoms with E-state index in [4.69, 9.17) is 5.26 Å². The summed E-state index contributed by atoms with van der Waals surface area (Å²) in [5.74, 6) is 0.585. The molecule has 108 valence electrons. The Morgan fingerprint density at radius 2 is 2.30 bits per heavy atom. The zero-order chi connectivity index (χ0) is 15.1. The lowest BCUT2D eigenvalue weighted by Gasteiger charge is -2.26. The van der Waals surface area contributed by atoms with Gasteiger partial charge in [0.05, 0.1) is 17.4 Å². The number of rotatable bonds is 7. The molecule has 0 aliphatic carbocycles. The maximum atomic E-state index is 11.1. The van der Waals surface area contributed by atoms with Crippen molar-refractivity contribution in [3.63, 3.8) is 0 Å². The molecule has 1 aromatic heterocycles. The molecule has 0 aliphatic heterocycles. The van der Waals surface area contributed by atoms with Gasteiger partial charge in [0.15, 0.2) is 0 Å². The zero-order valence-corrected chi connectivity index (χ0v) is 11.8. The van der Waals surface area contributed by atoms with Gasteiger partial charge in [-0.25, -0.2) is 4.98 Å². The Morgan fingerprint density at radius 1 is 1.60 bits per heavy atom. The highest BCUT2D eigenvalue weighted by molar-refractivity contribution is 5.59. The molecule has 0 radical (unpaired) electrons. The van der Waals surface area contributed by atoms with Crippen LogP contribution in [0.15, 0.2) is 6.20 Å². The van der Waals surface area contributed by atoms with E-state index in [1.54, 1.807) is 4.90 Å². The van der Waals surface area contributed by atoms with Gasteiger partial charge in [-0.15, -0.1) is 0 Å². The zero-order valence-electron chi connectivity index (χ0n) is 11.8. The van der Waals surface area contributed by atoms with Crippen LogP contribution in [0.25, 0.3) is 0 Å². The second-order valence-electron chi connectivity index (χ2n) is 4.39. The van der Waals surface area contributed by atoms with E-state index in [0.29, 0.717) is 19.0 Å². The first-order valence-electron chi connectivity index (χ1n) is 6.40. The Morgan fingerprint density at radius 3 is 2.80 bits per heavy atom. The number of hydrogen-bond acceptors (Lipinski definition) is 7. The molecule has 0 aromatic carbocycles. The lowest BCUT2D eigenvalue weighted by molar-refractivity contribution is -0.384. The van der Waals surface area contributed by atoms with E-state index >= 15 is 0 Å². The van der Waals surface area contributed by atoms with Crippen molar-refractivity contribution < 1.29 is 4.92 Å². The van der Waals surface area contributed by atoms with Crippen LogP contribution in [0.4, 0.5) is 17.5 Å². The van der Waals surface area contributed by atoms with E-state index in [9.17, 15) is 10.1 Å². The Balaban J connectivity index is 3.24. The van der Waals surface area contributed by atoms with Crippen molar-refractivity contribution in [3.8, 4) is 6.07 Å². The fraction of sp³-hybridized carbons (Fsp3) is 0.583. The van der Waals surface area contributed by atoms with Crippen LogP contribution >= 0.6 is 0 Å². The van der Waals surface area contributed by atoms with Crippen LogP contribution in [0.2, 0.25) is 0 Å². The quantitative estimate of drug-likeness (QED) is 0.599. The van der Waals surface area contributed by atoms with Crippen molar-refractivity contribution in [2.45, 2.75) is 33.2 Å². The van der Waals surface area contributed by atoms with Crippen molar-refractivity contribution >= 4 is 17.5 Å². The fourth-order valence-corrected chi connectivity index (χ4v) is 1.73. The number of nitro groups is 1. The largest absolute Gasteiger partial charge is 0.354 e. The monoisotopic (exact) mass is 278 g/mol. The predicted octanol–water partition coefficient (Wildman–Crippen LogP) is 1.95. The summed E-state index contributed by atoms with van der Waals surface area (Å²) in [6, 6.07) is 2.03. The van der Waals surface area contributed by atoms with Crippen LogP contribution < -0.4 is 10.2 Å². The standard InChI is InChI=1S/C12H18N6O2/c1-4-14-12-15-8-10(18(19)20)11(16-12)17(9(2)3)7-5-6-13/h8-9H,4-5,7H2,1-3H3,(H,14,15,16). The molecule has 0 spiro atoms. The van der Waals surface area contributed by atoms with Gasteiger partial charge in [0, 0.05) is 19.1 Å². The van der Waals surface area contributed by atoms with Gasteiger partial charge < -0.3 is 10.2 Å². The average molecular weight is 278 g/mol. The molecule has 0 unspecified atom stereocenters. The lowest BCUT2D eigenvalue weighted by atomic mass is 10.2. The predicted molar refractivity (Wildman–Crippen MR) is 75.6 cm³/mol. The maximum absolute atomic E-state index is 11.1. The third-order valence-corrected chi connectivity index (χ3v) is 2.64. The SMILES string of the molecule is CCNc1ncc([N+](=O)[O-])c(N(CCC#N)C(C)C)n1. The van der Waals surface area contributed by atoms with E-state index in [1.165, 1.54) is 6.20 Å². The molecule has 0 aliphatic rings. The minimum Gasteiger partial charge on any atom is -0.354 e. The maximum Gasteiger partial charge on any atom is 0.329 e. The smallest absolute Gasteiger partial charge is 0.329 e. The molecule has 1 rings (SSSR count). The number of nitriles is 1. The summed E-state index contributed by atoms with van der Waals surface area (Å²) in [7, 11) is 0. The second kappa shape index (κ2) is 7.23. The first-order valence-corrected chi connectivity index (χ1v) is 6.40. The highest BCUT2D eigenvalue weighted by Crippen LogP contribution is 2.27. The van der Waals surface area contributed by atoms with Crippen LogP contribution in [-0.4, -0.2) is 34.0 Å². The Bertz CT molecular complexity index is 511. The summed E-state index contributed by atoms with van der Waals surface area (Å²) in [4.78, 5) is 20.5. The van der Waals surface area contributed by atoms with Crippen molar-refractivity contribution in [3.05, 3.63) is 16.3 Å². The highest BCUT2D eigenvalue weighted by Gasteiger charge is 2.24. The number of anilines is 2. The molecular weight excluding hydrogens is 260 g/mol. The molecule has 1 aromatic rings. The summed E-state index contributed by atoms with van der Waals surface area (Å²) in [6.45, 7) is 6.70. The number of nitrogens with one attached hydrogen (secondary N) is 1. The fourth-order valence-electron chi connectivity index (χ4n) is 1.73. The van der Waals surface area contributed by atoms with E-state index in [1.807, 2.05) is 26.8 Å². The van der Waals surface area contributed by atoms with Crippen molar-refractivity contribution in [2.75, 3.05) is 23.3 Å². The summed E-state index contributed by atoms with van der Waals surface area (Å²) >= 11 is 0. The molecule has 0 atom stereocenters. The number of aromatic nitrogens is 2. The van der Waals surface area contributed by atoms with Crippen molar-refractivity contribution in [1.82, 2.24) is 9.97 Å². The molecule has 0 saturated heterocycles. The van der Waals surface area contributed by atoms with Crippen LogP contribution in [0.1, 0.15) is 27.2 Å². The van der Waals surface area contributed by atoms with Gasteiger partial charge in [0.2, 0.25) is 11.8 Å². The van der Waals surface area contributed by atoms with Gasteiger partial charge >= 0.3 is 5.69 Å². The van der Waals surface area contributed by atoms with Gasteiger partial charge in [-0.1, -0.05) is 0 Å².